The maximum atomic E-state index is 11.7. The van der Waals surface area contributed by atoms with E-state index >= 15 is 0 Å². The third kappa shape index (κ3) is 5.27. The van der Waals surface area contributed by atoms with E-state index in [9.17, 15) is 21.6 Å². The molecule has 0 spiro atoms. The van der Waals surface area contributed by atoms with E-state index in [0.717, 1.165) is 6.26 Å². The average Bonchev–Trinajstić information content (AvgIpc) is 2.73. The second-order valence-corrected chi connectivity index (χ2v) is 9.14. The largest absolute Gasteiger partial charge is 0.477 e. The molecule has 1 aromatic heterocycles. The van der Waals surface area contributed by atoms with E-state index in [0.29, 0.717) is 11.3 Å². The number of carboxylic acids is 1. The van der Waals surface area contributed by atoms with E-state index in [2.05, 4.69) is 4.72 Å². The van der Waals surface area contributed by atoms with Gasteiger partial charge in [-0.15, -0.1) is 11.3 Å². The maximum Gasteiger partial charge on any atom is 0.345 e. The number of sulfone groups is 1. The van der Waals surface area contributed by atoms with Gasteiger partial charge >= 0.3 is 5.97 Å². The number of sulfonamides is 1. The summed E-state index contributed by atoms with van der Waals surface area (Å²) in [5.41, 5.74) is 0. The van der Waals surface area contributed by atoms with E-state index in [1.807, 2.05) is 0 Å². The van der Waals surface area contributed by atoms with Crippen LogP contribution in [0.2, 0.25) is 0 Å². The van der Waals surface area contributed by atoms with Gasteiger partial charge in [0.25, 0.3) is 0 Å². The Morgan fingerprint density at radius 1 is 1.32 bits per heavy atom. The fourth-order valence-corrected chi connectivity index (χ4v) is 4.12. The minimum absolute atomic E-state index is 0.0181. The van der Waals surface area contributed by atoms with Crippen LogP contribution in [0.5, 0.6) is 0 Å². The predicted molar refractivity (Wildman–Crippen MR) is 70.8 cm³/mol. The lowest BCUT2D eigenvalue weighted by atomic mass is 10.5. The van der Waals surface area contributed by atoms with Gasteiger partial charge in [0.2, 0.25) is 10.0 Å². The topological polar surface area (TPSA) is 118 Å². The van der Waals surface area contributed by atoms with Crippen molar-refractivity contribution in [2.24, 2.45) is 0 Å². The Morgan fingerprint density at radius 3 is 2.42 bits per heavy atom. The number of aromatic carboxylic acids is 1. The van der Waals surface area contributed by atoms with E-state index in [1.54, 1.807) is 0 Å². The number of carbonyl (C=O) groups is 1. The van der Waals surface area contributed by atoms with Crippen LogP contribution >= 0.6 is 11.3 Å². The zero-order valence-corrected chi connectivity index (χ0v) is 12.4. The van der Waals surface area contributed by atoms with Crippen molar-refractivity contribution in [2.75, 3.05) is 18.6 Å². The van der Waals surface area contributed by atoms with Gasteiger partial charge in [-0.05, 0) is 18.6 Å². The van der Waals surface area contributed by atoms with Crippen molar-refractivity contribution in [3.63, 3.8) is 0 Å². The molecular formula is C9H13NO6S3. The molecule has 0 saturated carbocycles. The van der Waals surface area contributed by atoms with Gasteiger partial charge < -0.3 is 5.11 Å². The van der Waals surface area contributed by atoms with Gasteiger partial charge in [-0.1, -0.05) is 0 Å². The van der Waals surface area contributed by atoms with Crippen molar-refractivity contribution in [3.8, 4) is 0 Å². The lowest BCUT2D eigenvalue weighted by Crippen LogP contribution is -2.25. The van der Waals surface area contributed by atoms with Crippen LogP contribution in [-0.4, -0.2) is 46.5 Å². The highest BCUT2D eigenvalue weighted by atomic mass is 32.2. The van der Waals surface area contributed by atoms with Crippen LogP contribution in [0, 0.1) is 0 Å². The molecule has 1 aromatic rings. The minimum atomic E-state index is -3.78. The first-order chi connectivity index (χ1) is 8.62. The molecule has 0 aliphatic rings. The highest BCUT2D eigenvalue weighted by molar-refractivity contribution is 7.91. The molecule has 0 radical (unpaired) electrons. The molecule has 0 saturated heterocycles. The molecule has 1 rings (SSSR count). The summed E-state index contributed by atoms with van der Waals surface area (Å²) in [6.07, 6.45) is 1.23. The Hall–Kier alpha value is -0.970. The summed E-state index contributed by atoms with van der Waals surface area (Å²) in [5, 5.41) is 8.70. The summed E-state index contributed by atoms with van der Waals surface area (Å²) in [4.78, 5) is 10.6. The fraction of sp³-hybridized carbons (Fsp3) is 0.444. The van der Waals surface area contributed by atoms with Gasteiger partial charge in [0.05, 0.1) is 5.75 Å². The van der Waals surface area contributed by atoms with Crippen LogP contribution in [0.4, 0.5) is 0 Å². The van der Waals surface area contributed by atoms with E-state index < -0.39 is 25.8 Å². The zero-order chi connectivity index (χ0) is 14.7. The maximum absolute atomic E-state index is 11.7. The van der Waals surface area contributed by atoms with Crippen molar-refractivity contribution in [3.05, 3.63) is 17.0 Å². The molecule has 0 bridgehead atoms. The first-order valence-electron chi connectivity index (χ1n) is 5.12. The fourth-order valence-electron chi connectivity index (χ4n) is 1.19. The van der Waals surface area contributed by atoms with Gasteiger partial charge in [-0.2, -0.15) is 0 Å². The van der Waals surface area contributed by atoms with Crippen LogP contribution < -0.4 is 4.72 Å². The molecule has 0 amide bonds. The summed E-state index contributed by atoms with van der Waals surface area (Å²) in [7, 11) is -6.90. The Kier molecular flexibility index (Phi) is 5.07. The summed E-state index contributed by atoms with van der Waals surface area (Å²) < 4.78 is 47.3. The third-order valence-electron chi connectivity index (χ3n) is 2.04. The molecule has 0 atom stereocenters. The summed E-state index contributed by atoms with van der Waals surface area (Å²) in [6, 6.07) is 2.41. The lowest BCUT2D eigenvalue weighted by Gasteiger charge is -2.03. The molecular weight excluding hydrogens is 314 g/mol. The van der Waals surface area contributed by atoms with Crippen LogP contribution in [0.3, 0.4) is 0 Å². The number of hydrogen-bond acceptors (Lipinski definition) is 6. The van der Waals surface area contributed by atoms with E-state index in [1.165, 1.54) is 12.1 Å². The first-order valence-corrected chi connectivity index (χ1v) is 9.48. The third-order valence-corrected chi connectivity index (χ3v) is 6.10. The molecule has 10 heteroatoms. The van der Waals surface area contributed by atoms with Crippen molar-refractivity contribution >= 4 is 37.2 Å². The van der Waals surface area contributed by atoms with Gasteiger partial charge in [0, 0.05) is 12.8 Å². The van der Waals surface area contributed by atoms with Crippen molar-refractivity contribution in [2.45, 2.75) is 10.6 Å². The minimum Gasteiger partial charge on any atom is -0.477 e. The second kappa shape index (κ2) is 5.99. The molecule has 2 N–H and O–H groups in total. The summed E-state index contributed by atoms with van der Waals surface area (Å²) in [6.45, 7) is -0.0181. The summed E-state index contributed by atoms with van der Waals surface area (Å²) >= 11 is 0.643. The monoisotopic (exact) mass is 327 g/mol. The van der Waals surface area contributed by atoms with Gasteiger partial charge in [0.15, 0.2) is 0 Å². The molecule has 0 fully saturated rings. The van der Waals surface area contributed by atoms with Gasteiger partial charge in [-0.3, -0.25) is 0 Å². The van der Waals surface area contributed by atoms with Crippen LogP contribution in [-0.2, 0) is 19.9 Å². The Bertz CT molecular complexity index is 658. The number of hydrogen-bond donors (Lipinski definition) is 2. The normalized spacial score (nSPS) is 12.5. The second-order valence-electron chi connectivity index (χ2n) is 3.81. The average molecular weight is 327 g/mol. The van der Waals surface area contributed by atoms with Gasteiger partial charge in [0.1, 0.15) is 18.9 Å². The van der Waals surface area contributed by atoms with Crippen molar-refractivity contribution in [1.82, 2.24) is 4.72 Å². The standard InChI is InChI=1S/C9H13NO6S3/c1-18(13,14)6-2-5-10-19(15,16)8-4-3-7(17-8)9(11)12/h3-4,10H,2,5-6H2,1H3,(H,11,12). The number of carboxylic acid groups (broad SMARTS) is 1. The van der Waals surface area contributed by atoms with Crippen LogP contribution in [0.15, 0.2) is 16.3 Å². The number of nitrogens with one attached hydrogen (secondary N) is 1. The van der Waals surface area contributed by atoms with Crippen molar-refractivity contribution in [1.29, 1.82) is 0 Å². The smallest absolute Gasteiger partial charge is 0.345 e. The Balaban J connectivity index is 2.63. The number of rotatable bonds is 7. The van der Waals surface area contributed by atoms with Crippen LogP contribution in [0.25, 0.3) is 0 Å². The molecule has 7 nitrogen and oxygen atoms in total. The number of thiophene rings is 1. The zero-order valence-electron chi connectivity index (χ0n) is 9.99. The molecule has 0 aliphatic heterocycles. The van der Waals surface area contributed by atoms with Crippen LogP contribution in [0.1, 0.15) is 16.1 Å². The predicted octanol–water partition coefficient (Wildman–Crippen LogP) is 0.159. The van der Waals surface area contributed by atoms with E-state index in [4.69, 9.17) is 5.11 Å². The molecule has 0 aromatic carbocycles. The molecule has 0 unspecified atom stereocenters. The SMILES string of the molecule is CS(=O)(=O)CCCNS(=O)(=O)c1ccc(C(=O)O)s1. The quantitative estimate of drug-likeness (QED) is 0.689. The molecule has 0 aliphatic carbocycles. The Labute approximate surface area is 115 Å². The Morgan fingerprint density at radius 2 is 1.95 bits per heavy atom. The summed E-state index contributed by atoms with van der Waals surface area (Å²) in [5.74, 6) is -1.30. The molecule has 19 heavy (non-hydrogen) atoms. The van der Waals surface area contributed by atoms with E-state index in [-0.39, 0.29) is 27.8 Å². The molecule has 108 valence electrons. The highest BCUT2D eigenvalue weighted by Gasteiger charge is 2.18. The van der Waals surface area contributed by atoms with Gasteiger partial charge in [-0.25, -0.2) is 26.4 Å². The lowest BCUT2D eigenvalue weighted by molar-refractivity contribution is 0.0702. The van der Waals surface area contributed by atoms with Crippen molar-refractivity contribution < 1.29 is 26.7 Å². The first kappa shape index (κ1) is 16.1. The molecule has 1 heterocycles. The highest BCUT2D eigenvalue weighted by Crippen LogP contribution is 2.21.